The van der Waals surface area contributed by atoms with E-state index in [1.165, 1.54) is 24.7 Å². The molecule has 0 bridgehead atoms. The van der Waals surface area contributed by atoms with Gasteiger partial charge in [0.15, 0.2) is 9.84 Å². The van der Waals surface area contributed by atoms with Crippen LogP contribution in [0, 0.1) is 0 Å². The molecule has 1 aliphatic heterocycles. The Kier molecular flexibility index (Phi) is 5.59. The Bertz CT molecular complexity index is 375. The highest BCUT2D eigenvalue weighted by molar-refractivity contribution is 7.92. The summed E-state index contributed by atoms with van der Waals surface area (Å²) in [6.07, 6.45) is 5.58. The van der Waals surface area contributed by atoms with Crippen LogP contribution < -0.4 is 5.32 Å². The summed E-state index contributed by atoms with van der Waals surface area (Å²) >= 11 is 0. The highest BCUT2D eigenvalue weighted by Gasteiger charge is 2.26. The standard InChI is InChI=1S/C12H24N2O3S/c1-10(18(3,16)17)12(15)14(2)9-7-11-6-4-5-8-13-11/h10-11,13H,4-9H2,1-3H3. The monoisotopic (exact) mass is 276 g/mol. The molecule has 0 saturated carbocycles. The summed E-state index contributed by atoms with van der Waals surface area (Å²) < 4.78 is 22.6. The Hall–Kier alpha value is -0.620. The van der Waals surface area contributed by atoms with Crippen molar-refractivity contribution < 1.29 is 13.2 Å². The van der Waals surface area contributed by atoms with Gasteiger partial charge in [-0.2, -0.15) is 0 Å². The summed E-state index contributed by atoms with van der Waals surface area (Å²) in [6.45, 7) is 3.10. The fourth-order valence-corrected chi connectivity index (χ4v) is 2.67. The molecule has 1 saturated heterocycles. The van der Waals surface area contributed by atoms with E-state index in [0.717, 1.165) is 25.6 Å². The fourth-order valence-electron chi connectivity index (χ4n) is 2.12. The van der Waals surface area contributed by atoms with E-state index in [9.17, 15) is 13.2 Å². The van der Waals surface area contributed by atoms with E-state index in [1.807, 2.05) is 0 Å². The number of nitrogens with zero attached hydrogens (tertiary/aromatic N) is 1. The molecule has 0 aromatic heterocycles. The number of nitrogens with one attached hydrogen (secondary N) is 1. The number of sulfone groups is 1. The predicted octanol–water partition coefficient (Wildman–Crippen LogP) is 0.410. The van der Waals surface area contributed by atoms with Crippen molar-refractivity contribution in [2.45, 2.75) is 43.9 Å². The van der Waals surface area contributed by atoms with Gasteiger partial charge in [-0.05, 0) is 32.7 Å². The molecule has 18 heavy (non-hydrogen) atoms. The molecule has 0 aromatic carbocycles. The molecule has 2 atom stereocenters. The van der Waals surface area contributed by atoms with E-state index in [1.54, 1.807) is 7.05 Å². The molecule has 1 fully saturated rings. The zero-order chi connectivity index (χ0) is 13.8. The molecule has 1 amide bonds. The minimum Gasteiger partial charge on any atom is -0.345 e. The summed E-state index contributed by atoms with van der Waals surface area (Å²) in [5.74, 6) is -0.312. The van der Waals surface area contributed by atoms with Gasteiger partial charge in [-0.3, -0.25) is 4.79 Å². The first-order chi connectivity index (χ1) is 8.32. The van der Waals surface area contributed by atoms with Crippen LogP contribution in [-0.4, -0.2) is 56.9 Å². The van der Waals surface area contributed by atoms with Crippen LogP contribution in [0.2, 0.25) is 0 Å². The molecule has 0 spiro atoms. The fraction of sp³-hybridized carbons (Fsp3) is 0.917. The highest BCUT2D eigenvalue weighted by atomic mass is 32.2. The second kappa shape index (κ2) is 6.52. The van der Waals surface area contributed by atoms with Gasteiger partial charge in [-0.25, -0.2) is 8.42 Å². The van der Waals surface area contributed by atoms with Gasteiger partial charge in [0.05, 0.1) is 0 Å². The average Bonchev–Trinajstić information content (AvgIpc) is 2.34. The van der Waals surface area contributed by atoms with Crippen molar-refractivity contribution >= 4 is 15.7 Å². The van der Waals surface area contributed by atoms with E-state index in [2.05, 4.69) is 5.32 Å². The van der Waals surface area contributed by atoms with Gasteiger partial charge in [-0.15, -0.1) is 0 Å². The molecular formula is C12H24N2O3S. The molecule has 6 heteroatoms. The number of amides is 1. The van der Waals surface area contributed by atoms with E-state index in [0.29, 0.717) is 12.6 Å². The molecule has 1 N–H and O–H groups in total. The number of carbonyl (C=O) groups is 1. The third-order valence-corrected chi connectivity index (χ3v) is 5.08. The second-order valence-corrected chi connectivity index (χ2v) is 7.53. The third kappa shape index (κ3) is 4.57. The number of rotatable bonds is 5. The van der Waals surface area contributed by atoms with Gasteiger partial charge in [0.2, 0.25) is 5.91 Å². The quantitative estimate of drug-likeness (QED) is 0.790. The molecular weight excluding hydrogens is 252 g/mol. The Morgan fingerprint density at radius 2 is 2.11 bits per heavy atom. The number of carbonyl (C=O) groups excluding carboxylic acids is 1. The molecule has 1 rings (SSSR count). The number of hydrogen-bond donors (Lipinski definition) is 1. The zero-order valence-electron chi connectivity index (χ0n) is 11.5. The first-order valence-electron chi connectivity index (χ1n) is 6.49. The first-order valence-corrected chi connectivity index (χ1v) is 8.45. The lowest BCUT2D eigenvalue weighted by atomic mass is 10.0. The molecule has 106 valence electrons. The van der Waals surface area contributed by atoms with Crippen LogP contribution in [0.1, 0.15) is 32.6 Å². The van der Waals surface area contributed by atoms with Crippen molar-refractivity contribution in [1.82, 2.24) is 10.2 Å². The van der Waals surface area contributed by atoms with Crippen molar-refractivity contribution in [3.05, 3.63) is 0 Å². The van der Waals surface area contributed by atoms with Crippen molar-refractivity contribution in [2.75, 3.05) is 26.4 Å². The summed E-state index contributed by atoms with van der Waals surface area (Å²) in [4.78, 5) is 13.4. The van der Waals surface area contributed by atoms with Gasteiger partial charge in [0.25, 0.3) is 0 Å². The number of hydrogen-bond acceptors (Lipinski definition) is 4. The van der Waals surface area contributed by atoms with Crippen LogP contribution >= 0.6 is 0 Å². The smallest absolute Gasteiger partial charge is 0.240 e. The van der Waals surface area contributed by atoms with Crippen molar-refractivity contribution in [3.8, 4) is 0 Å². The SMILES string of the molecule is CC(C(=O)N(C)CCC1CCCCN1)S(C)(=O)=O. The first kappa shape index (κ1) is 15.4. The van der Waals surface area contributed by atoms with Gasteiger partial charge < -0.3 is 10.2 Å². The summed E-state index contributed by atoms with van der Waals surface area (Å²) in [6, 6.07) is 0.461. The summed E-state index contributed by atoms with van der Waals surface area (Å²) in [7, 11) is -1.62. The molecule has 5 nitrogen and oxygen atoms in total. The van der Waals surface area contributed by atoms with E-state index >= 15 is 0 Å². The molecule has 0 aromatic rings. The van der Waals surface area contributed by atoms with E-state index in [-0.39, 0.29) is 5.91 Å². The van der Waals surface area contributed by atoms with Crippen molar-refractivity contribution in [3.63, 3.8) is 0 Å². The maximum Gasteiger partial charge on any atom is 0.240 e. The van der Waals surface area contributed by atoms with Crippen LogP contribution in [0.3, 0.4) is 0 Å². The minimum absolute atomic E-state index is 0.312. The third-order valence-electron chi connectivity index (χ3n) is 3.59. The van der Waals surface area contributed by atoms with Crippen LogP contribution in [0.4, 0.5) is 0 Å². The maximum absolute atomic E-state index is 11.9. The maximum atomic E-state index is 11.9. The Balaban J connectivity index is 2.40. The Morgan fingerprint density at radius 3 is 2.61 bits per heavy atom. The van der Waals surface area contributed by atoms with Crippen molar-refractivity contribution in [2.24, 2.45) is 0 Å². The Labute approximate surface area is 110 Å². The molecule has 0 radical (unpaired) electrons. The normalized spacial score (nSPS) is 22.5. The van der Waals surface area contributed by atoms with E-state index < -0.39 is 15.1 Å². The molecule has 2 unspecified atom stereocenters. The highest BCUT2D eigenvalue weighted by Crippen LogP contribution is 2.11. The summed E-state index contributed by atoms with van der Waals surface area (Å²) in [5.41, 5.74) is 0. The lowest BCUT2D eigenvalue weighted by molar-refractivity contribution is -0.129. The molecule has 1 aliphatic rings. The van der Waals surface area contributed by atoms with Crippen LogP contribution in [-0.2, 0) is 14.6 Å². The van der Waals surface area contributed by atoms with Gasteiger partial charge in [0, 0.05) is 25.9 Å². The largest absolute Gasteiger partial charge is 0.345 e. The topological polar surface area (TPSA) is 66.5 Å². The molecule has 0 aliphatic carbocycles. The lowest BCUT2D eigenvalue weighted by Crippen LogP contribution is -2.42. The lowest BCUT2D eigenvalue weighted by Gasteiger charge is -2.26. The van der Waals surface area contributed by atoms with Crippen LogP contribution in [0.25, 0.3) is 0 Å². The second-order valence-electron chi connectivity index (χ2n) is 5.17. The summed E-state index contributed by atoms with van der Waals surface area (Å²) in [5, 5.41) is 2.47. The average molecular weight is 276 g/mol. The van der Waals surface area contributed by atoms with Gasteiger partial charge >= 0.3 is 0 Å². The predicted molar refractivity (Wildman–Crippen MR) is 72.2 cm³/mol. The van der Waals surface area contributed by atoms with Gasteiger partial charge in [0.1, 0.15) is 5.25 Å². The Morgan fingerprint density at radius 1 is 1.44 bits per heavy atom. The van der Waals surface area contributed by atoms with Crippen molar-refractivity contribution in [1.29, 1.82) is 0 Å². The minimum atomic E-state index is -3.30. The molecule has 1 heterocycles. The zero-order valence-corrected chi connectivity index (χ0v) is 12.3. The van der Waals surface area contributed by atoms with Crippen LogP contribution in [0.5, 0.6) is 0 Å². The van der Waals surface area contributed by atoms with Crippen LogP contribution in [0.15, 0.2) is 0 Å². The van der Waals surface area contributed by atoms with Gasteiger partial charge in [-0.1, -0.05) is 6.42 Å². The van der Waals surface area contributed by atoms with E-state index in [4.69, 9.17) is 0 Å². The number of piperidine rings is 1.